The van der Waals surface area contributed by atoms with Crippen molar-refractivity contribution in [1.82, 2.24) is 5.43 Å². The van der Waals surface area contributed by atoms with Gasteiger partial charge in [-0.15, -0.1) is 0 Å². The molecule has 4 nitrogen and oxygen atoms in total. The van der Waals surface area contributed by atoms with E-state index in [1.165, 1.54) is 11.1 Å². The van der Waals surface area contributed by atoms with E-state index in [4.69, 9.17) is 4.74 Å². The maximum absolute atomic E-state index is 12.3. The number of hydrogen-bond acceptors (Lipinski definition) is 3. The van der Waals surface area contributed by atoms with Crippen LogP contribution in [0.2, 0.25) is 0 Å². The van der Waals surface area contributed by atoms with Crippen LogP contribution in [0.3, 0.4) is 0 Å². The van der Waals surface area contributed by atoms with E-state index < -0.39 is 0 Å². The lowest BCUT2D eigenvalue weighted by Gasteiger charge is -2.10. The van der Waals surface area contributed by atoms with Gasteiger partial charge < -0.3 is 4.74 Å². The number of carbonyl (C=O) groups is 1. The van der Waals surface area contributed by atoms with Crippen molar-refractivity contribution in [1.29, 1.82) is 0 Å². The third-order valence-electron chi connectivity index (χ3n) is 4.15. The van der Waals surface area contributed by atoms with E-state index in [1.807, 2.05) is 6.92 Å². The van der Waals surface area contributed by atoms with Crippen molar-refractivity contribution < 1.29 is 9.53 Å². The minimum Gasteiger partial charge on any atom is -0.494 e. The molecule has 25 heavy (non-hydrogen) atoms. The molecule has 0 unspecified atom stereocenters. The highest BCUT2D eigenvalue weighted by Crippen LogP contribution is 2.16. The lowest BCUT2D eigenvalue weighted by Crippen LogP contribution is -2.19. The minimum atomic E-state index is -0.233. The Kier molecular flexibility index (Phi) is 6.34. The second kappa shape index (κ2) is 8.47. The number of nitrogens with one attached hydrogen (secondary N) is 1. The van der Waals surface area contributed by atoms with Crippen LogP contribution < -0.4 is 10.2 Å². The highest BCUT2D eigenvalue weighted by Gasteiger charge is 2.08. The third kappa shape index (κ3) is 4.92. The largest absolute Gasteiger partial charge is 0.494 e. The Morgan fingerprint density at radius 2 is 1.68 bits per heavy atom. The fourth-order valence-corrected chi connectivity index (χ4v) is 2.53. The summed E-state index contributed by atoms with van der Waals surface area (Å²) >= 11 is 0. The van der Waals surface area contributed by atoms with E-state index in [9.17, 15) is 4.79 Å². The van der Waals surface area contributed by atoms with Gasteiger partial charge >= 0.3 is 0 Å². The van der Waals surface area contributed by atoms with Gasteiger partial charge in [-0.1, -0.05) is 13.0 Å². The summed E-state index contributed by atoms with van der Waals surface area (Å²) in [7, 11) is 0. The average Bonchev–Trinajstić information content (AvgIpc) is 2.61. The number of hydrazone groups is 1. The van der Waals surface area contributed by atoms with Gasteiger partial charge in [0.2, 0.25) is 0 Å². The summed E-state index contributed by atoms with van der Waals surface area (Å²) in [5, 5.41) is 4.26. The lowest BCUT2D eigenvalue weighted by atomic mass is 9.98. The van der Waals surface area contributed by atoms with Gasteiger partial charge in [0, 0.05) is 11.1 Å². The molecule has 132 valence electrons. The summed E-state index contributed by atoms with van der Waals surface area (Å²) < 4.78 is 5.52. The van der Waals surface area contributed by atoms with Crippen LogP contribution >= 0.6 is 0 Å². The third-order valence-corrected chi connectivity index (χ3v) is 4.15. The second-order valence-electron chi connectivity index (χ2n) is 6.26. The number of amides is 1. The number of ether oxygens (including phenoxy) is 1. The van der Waals surface area contributed by atoms with E-state index in [0.717, 1.165) is 29.0 Å². The predicted molar refractivity (Wildman–Crippen MR) is 103 cm³/mol. The summed E-state index contributed by atoms with van der Waals surface area (Å²) in [5.74, 6) is 0.534. The van der Waals surface area contributed by atoms with Crippen molar-refractivity contribution in [2.24, 2.45) is 5.10 Å². The van der Waals surface area contributed by atoms with Crippen molar-refractivity contribution >= 4 is 11.6 Å². The fourth-order valence-electron chi connectivity index (χ4n) is 2.53. The van der Waals surface area contributed by atoms with Crippen molar-refractivity contribution in [2.75, 3.05) is 6.61 Å². The monoisotopic (exact) mass is 338 g/mol. The molecule has 4 heteroatoms. The molecule has 0 aliphatic heterocycles. The van der Waals surface area contributed by atoms with Crippen LogP contribution in [0.4, 0.5) is 0 Å². The first kappa shape index (κ1) is 18.7. The zero-order valence-corrected chi connectivity index (χ0v) is 15.6. The smallest absolute Gasteiger partial charge is 0.271 e. The average molecular weight is 338 g/mol. The molecule has 2 aromatic rings. The van der Waals surface area contributed by atoms with E-state index in [-0.39, 0.29) is 5.91 Å². The lowest BCUT2D eigenvalue weighted by molar-refractivity contribution is 0.0955. The van der Waals surface area contributed by atoms with Crippen LogP contribution in [0, 0.1) is 20.8 Å². The molecule has 0 aromatic heterocycles. The number of benzene rings is 2. The van der Waals surface area contributed by atoms with Gasteiger partial charge in [-0.2, -0.15) is 5.10 Å². The van der Waals surface area contributed by atoms with Crippen molar-refractivity contribution in [2.45, 2.75) is 41.0 Å². The van der Waals surface area contributed by atoms with E-state index >= 15 is 0 Å². The summed E-state index contributed by atoms with van der Waals surface area (Å²) in [6, 6.07) is 11.3. The Hall–Kier alpha value is -2.62. The standard InChI is InChI=1S/C21H26N2O2/c1-6-11-25-19-9-7-18(8-10-19)21(24)23-22-17(5)20-13-15(3)14(2)12-16(20)4/h7-10,12-13H,6,11H2,1-5H3,(H,23,24)/b22-17+. The van der Waals surface area contributed by atoms with Gasteiger partial charge in [-0.3, -0.25) is 4.79 Å². The maximum atomic E-state index is 12.3. The van der Waals surface area contributed by atoms with Crippen molar-refractivity contribution in [3.8, 4) is 5.75 Å². The Morgan fingerprint density at radius 1 is 1.04 bits per heavy atom. The zero-order valence-electron chi connectivity index (χ0n) is 15.6. The Balaban J connectivity index is 2.07. The molecule has 0 bridgehead atoms. The zero-order chi connectivity index (χ0) is 18.4. The molecule has 0 saturated heterocycles. The number of nitrogens with zero attached hydrogens (tertiary/aromatic N) is 1. The predicted octanol–water partition coefficient (Wildman–Crippen LogP) is 4.55. The number of rotatable bonds is 6. The van der Waals surface area contributed by atoms with Crippen LogP contribution in [0.1, 0.15) is 52.9 Å². The Bertz CT molecular complexity index is 777. The normalized spacial score (nSPS) is 11.3. The van der Waals surface area contributed by atoms with Crippen molar-refractivity contribution in [3.05, 3.63) is 64.2 Å². The Morgan fingerprint density at radius 3 is 2.32 bits per heavy atom. The number of hydrogen-bond donors (Lipinski definition) is 1. The van der Waals surface area contributed by atoms with E-state index in [1.54, 1.807) is 24.3 Å². The van der Waals surface area contributed by atoms with Crippen LogP contribution in [-0.2, 0) is 0 Å². The first-order valence-electron chi connectivity index (χ1n) is 8.58. The molecular weight excluding hydrogens is 312 g/mol. The van der Waals surface area contributed by atoms with Crippen LogP contribution in [0.15, 0.2) is 41.5 Å². The summed E-state index contributed by atoms with van der Waals surface area (Å²) in [5.41, 5.74) is 8.63. The minimum absolute atomic E-state index is 0.233. The van der Waals surface area contributed by atoms with E-state index in [0.29, 0.717) is 12.2 Å². The van der Waals surface area contributed by atoms with Gasteiger partial charge in [-0.05, 0) is 81.1 Å². The van der Waals surface area contributed by atoms with Gasteiger partial charge in [0.15, 0.2) is 0 Å². The van der Waals surface area contributed by atoms with E-state index in [2.05, 4.69) is 50.4 Å². The van der Waals surface area contributed by atoms with Crippen molar-refractivity contribution in [3.63, 3.8) is 0 Å². The molecule has 0 saturated carbocycles. The quantitative estimate of drug-likeness (QED) is 0.620. The van der Waals surface area contributed by atoms with Crippen LogP contribution in [-0.4, -0.2) is 18.2 Å². The SMILES string of the molecule is CCCOc1ccc(C(=O)N/N=C(\C)c2cc(C)c(C)cc2C)cc1. The number of carbonyl (C=O) groups excluding carboxylic acids is 1. The van der Waals surface area contributed by atoms with Gasteiger partial charge in [-0.25, -0.2) is 5.43 Å². The molecular formula is C21H26N2O2. The molecule has 2 aromatic carbocycles. The molecule has 1 amide bonds. The molecule has 0 aliphatic carbocycles. The number of aryl methyl sites for hydroxylation is 3. The highest BCUT2D eigenvalue weighted by molar-refractivity contribution is 6.02. The first-order chi connectivity index (χ1) is 11.9. The highest BCUT2D eigenvalue weighted by atomic mass is 16.5. The van der Waals surface area contributed by atoms with Crippen LogP contribution in [0.5, 0.6) is 5.75 Å². The molecule has 0 spiro atoms. The molecule has 0 fully saturated rings. The van der Waals surface area contributed by atoms with Gasteiger partial charge in [0.1, 0.15) is 5.75 Å². The molecule has 0 aliphatic rings. The van der Waals surface area contributed by atoms with Gasteiger partial charge in [0.05, 0.1) is 12.3 Å². The molecule has 1 N–H and O–H groups in total. The van der Waals surface area contributed by atoms with Crippen LogP contribution in [0.25, 0.3) is 0 Å². The maximum Gasteiger partial charge on any atom is 0.271 e. The van der Waals surface area contributed by atoms with Gasteiger partial charge in [0.25, 0.3) is 5.91 Å². The second-order valence-corrected chi connectivity index (χ2v) is 6.26. The molecule has 0 atom stereocenters. The first-order valence-corrected chi connectivity index (χ1v) is 8.58. The summed E-state index contributed by atoms with van der Waals surface area (Å²) in [6.07, 6.45) is 0.953. The summed E-state index contributed by atoms with van der Waals surface area (Å²) in [4.78, 5) is 12.3. The topological polar surface area (TPSA) is 50.7 Å². The molecule has 0 heterocycles. The molecule has 0 radical (unpaired) electrons. The summed E-state index contributed by atoms with van der Waals surface area (Å²) in [6.45, 7) is 10.8. The Labute approximate surface area is 149 Å². The fraction of sp³-hybridized carbons (Fsp3) is 0.333. The molecule has 2 rings (SSSR count).